The van der Waals surface area contributed by atoms with E-state index < -0.39 is 11.9 Å². The number of esters is 1. The molecule has 1 heterocycles. The van der Waals surface area contributed by atoms with Crippen LogP contribution in [0.2, 0.25) is 0 Å². The van der Waals surface area contributed by atoms with E-state index in [0.29, 0.717) is 22.5 Å². The van der Waals surface area contributed by atoms with Gasteiger partial charge in [0.2, 0.25) is 0 Å². The summed E-state index contributed by atoms with van der Waals surface area (Å²) in [7, 11) is 0. The van der Waals surface area contributed by atoms with Crippen molar-refractivity contribution in [1.29, 1.82) is 0 Å². The first-order valence-electron chi connectivity index (χ1n) is 5.59. The molecule has 1 aromatic heterocycles. The molecule has 98 valence electrons. The van der Waals surface area contributed by atoms with Crippen molar-refractivity contribution in [3.8, 4) is 5.75 Å². The van der Waals surface area contributed by atoms with Crippen LogP contribution in [-0.2, 0) is 9.59 Å². The number of rotatable bonds is 3. The molecule has 0 bridgehead atoms. The number of hydrogen-bond donors (Lipinski definition) is 1. The zero-order chi connectivity index (χ0) is 14.0. The van der Waals surface area contributed by atoms with Gasteiger partial charge >= 0.3 is 11.9 Å². The Morgan fingerprint density at radius 3 is 2.79 bits per heavy atom. The molecule has 0 unspecified atom stereocenters. The standard InChI is InChI=1S/C14H12O5/c1-8-13-11(5-6-18-13)7-10(3-4-12(16)17)14(8)19-9(2)15/h3-7H,1-2H3,(H,16,17)/b4-3-. The van der Waals surface area contributed by atoms with Crippen LogP contribution in [0, 0.1) is 6.92 Å². The van der Waals surface area contributed by atoms with Gasteiger partial charge in [0, 0.05) is 29.5 Å². The number of carboxylic acids is 1. The second-order valence-corrected chi connectivity index (χ2v) is 4.02. The number of fused-ring (bicyclic) bond motifs is 1. The molecule has 2 aromatic rings. The molecule has 0 amide bonds. The molecule has 0 spiro atoms. The third kappa shape index (κ3) is 2.65. The van der Waals surface area contributed by atoms with Crippen LogP contribution in [0.1, 0.15) is 18.1 Å². The first-order chi connectivity index (χ1) is 8.99. The molecule has 0 saturated carbocycles. The van der Waals surface area contributed by atoms with Crippen LogP contribution in [0.15, 0.2) is 28.9 Å². The molecule has 0 saturated heterocycles. The summed E-state index contributed by atoms with van der Waals surface area (Å²) in [5.41, 5.74) is 1.79. The number of hydrogen-bond acceptors (Lipinski definition) is 4. The first kappa shape index (κ1) is 12.9. The minimum atomic E-state index is -1.07. The molecule has 1 aromatic carbocycles. The Kier molecular flexibility index (Phi) is 3.37. The highest BCUT2D eigenvalue weighted by Crippen LogP contribution is 2.33. The molecule has 0 radical (unpaired) electrons. The third-order valence-corrected chi connectivity index (χ3v) is 2.60. The Labute approximate surface area is 109 Å². The number of carbonyl (C=O) groups excluding carboxylic acids is 1. The largest absolute Gasteiger partial charge is 0.478 e. The number of ether oxygens (including phenoxy) is 1. The van der Waals surface area contributed by atoms with Crippen molar-refractivity contribution in [3.05, 3.63) is 35.6 Å². The van der Waals surface area contributed by atoms with Crippen molar-refractivity contribution < 1.29 is 23.8 Å². The van der Waals surface area contributed by atoms with Gasteiger partial charge in [0.1, 0.15) is 11.3 Å². The molecular weight excluding hydrogens is 248 g/mol. The molecule has 0 aliphatic heterocycles. The van der Waals surface area contributed by atoms with E-state index in [1.54, 1.807) is 19.1 Å². The lowest BCUT2D eigenvalue weighted by Gasteiger charge is -2.09. The fourth-order valence-corrected chi connectivity index (χ4v) is 1.85. The molecule has 5 heteroatoms. The highest BCUT2D eigenvalue weighted by molar-refractivity contribution is 5.91. The second kappa shape index (κ2) is 4.97. The zero-order valence-electron chi connectivity index (χ0n) is 10.5. The summed E-state index contributed by atoms with van der Waals surface area (Å²) in [5.74, 6) is -1.23. The number of furan rings is 1. The number of benzene rings is 1. The molecule has 19 heavy (non-hydrogen) atoms. The fraction of sp³-hybridized carbons (Fsp3) is 0.143. The Bertz CT molecular complexity index is 678. The van der Waals surface area contributed by atoms with E-state index in [4.69, 9.17) is 14.3 Å². The van der Waals surface area contributed by atoms with Crippen molar-refractivity contribution in [2.75, 3.05) is 0 Å². The maximum atomic E-state index is 11.1. The normalized spacial score (nSPS) is 11.1. The highest BCUT2D eigenvalue weighted by atomic mass is 16.5. The maximum absolute atomic E-state index is 11.1. The van der Waals surface area contributed by atoms with Gasteiger partial charge in [-0.15, -0.1) is 0 Å². The molecule has 0 aliphatic rings. The van der Waals surface area contributed by atoms with Crippen LogP contribution in [0.25, 0.3) is 17.0 Å². The van der Waals surface area contributed by atoms with Gasteiger partial charge in [-0.05, 0) is 25.1 Å². The van der Waals surface area contributed by atoms with Crippen LogP contribution in [0.5, 0.6) is 5.75 Å². The monoisotopic (exact) mass is 260 g/mol. The summed E-state index contributed by atoms with van der Waals surface area (Å²) in [4.78, 5) is 21.7. The first-order valence-corrected chi connectivity index (χ1v) is 5.59. The summed E-state index contributed by atoms with van der Waals surface area (Å²) >= 11 is 0. The second-order valence-electron chi connectivity index (χ2n) is 4.02. The number of aryl methyl sites for hydroxylation is 1. The molecule has 1 N–H and O–H groups in total. The number of carboxylic acid groups (broad SMARTS) is 1. The minimum Gasteiger partial charge on any atom is -0.478 e. The van der Waals surface area contributed by atoms with Crippen LogP contribution in [-0.4, -0.2) is 17.0 Å². The van der Waals surface area contributed by atoms with Crippen LogP contribution in [0.4, 0.5) is 0 Å². The Morgan fingerprint density at radius 2 is 2.16 bits per heavy atom. The average Bonchev–Trinajstić information content (AvgIpc) is 2.78. The van der Waals surface area contributed by atoms with Gasteiger partial charge in [-0.2, -0.15) is 0 Å². The molecule has 2 rings (SSSR count). The smallest absolute Gasteiger partial charge is 0.328 e. The molecule has 0 atom stereocenters. The quantitative estimate of drug-likeness (QED) is 0.521. The van der Waals surface area contributed by atoms with Gasteiger partial charge in [0.15, 0.2) is 0 Å². The zero-order valence-corrected chi connectivity index (χ0v) is 10.5. The summed E-state index contributed by atoms with van der Waals surface area (Å²) < 4.78 is 10.5. The van der Waals surface area contributed by atoms with Crippen molar-refractivity contribution in [2.24, 2.45) is 0 Å². The Hall–Kier alpha value is -2.56. The van der Waals surface area contributed by atoms with Crippen LogP contribution < -0.4 is 4.74 Å². The van der Waals surface area contributed by atoms with Gasteiger partial charge in [0.25, 0.3) is 0 Å². The predicted molar refractivity (Wildman–Crippen MR) is 68.9 cm³/mol. The number of carbonyl (C=O) groups is 2. The van der Waals surface area contributed by atoms with Crippen LogP contribution >= 0.6 is 0 Å². The SMILES string of the molecule is CC(=O)Oc1c(/C=C\C(=O)O)cc2ccoc2c1C. The van der Waals surface area contributed by atoms with E-state index in [-0.39, 0.29) is 0 Å². The topological polar surface area (TPSA) is 76.7 Å². The van der Waals surface area contributed by atoms with Crippen LogP contribution in [0.3, 0.4) is 0 Å². The third-order valence-electron chi connectivity index (χ3n) is 2.60. The van der Waals surface area contributed by atoms with E-state index in [9.17, 15) is 9.59 Å². The summed E-state index contributed by atoms with van der Waals surface area (Å²) in [5, 5.41) is 9.50. The van der Waals surface area contributed by atoms with E-state index >= 15 is 0 Å². The fourth-order valence-electron chi connectivity index (χ4n) is 1.85. The summed E-state index contributed by atoms with van der Waals surface area (Å²) in [6.45, 7) is 3.04. The van der Waals surface area contributed by atoms with E-state index in [2.05, 4.69) is 0 Å². The van der Waals surface area contributed by atoms with E-state index in [1.165, 1.54) is 19.3 Å². The summed E-state index contributed by atoms with van der Waals surface area (Å²) in [6, 6.07) is 3.47. The van der Waals surface area contributed by atoms with Gasteiger partial charge < -0.3 is 14.3 Å². The van der Waals surface area contributed by atoms with Crippen molar-refractivity contribution in [3.63, 3.8) is 0 Å². The highest BCUT2D eigenvalue weighted by Gasteiger charge is 2.14. The Morgan fingerprint density at radius 1 is 1.42 bits per heavy atom. The van der Waals surface area contributed by atoms with Gasteiger partial charge in [-0.1, -0.05) is 0 Å². The molecule has 0 fully saturated rings. The Balaban J connectivity index is 2.63. The van der Waals surface area contributed by atoms with Gasteiger partial charge in [0.05, 0.1) is 6.26 Å². The summed E-state index contributed by atoms with van der Waals surface area (Å²) in [6.07, 6.45) is 3.91. The average molecular weight is 260 g/mol. The molecular formula is C14H12O5. The number of aliphatic carboxylic acids is 1. The lowest BCUT2D eigenvalue weighted by atomic mass is 10.1. The van der Waals surface area contributed by atoms with Crippen molar-refractivity contribution in [1.82, 2.24) is 0 Å². The van der Waals surface area contributed by atoms with E-state index in [1.807, 2.05) is 0 Å². The molecule has 0 aliphatic carbocycles. The molecule has 5 nitrogen and oxygen atoms in total. The van der Waals surface area contributed by atoms with Crippen molar-refractivity contribution in [2.45, 2.75) is 13.8 Å². The van der Waals surface area contributed by atoms with E-state index in [0.717, 1.165) is 11.5 Å². The maximum Gasteiger partial charge on any atom is 0.328 e. The van der Waals surface area contributed by atoms with Gasteiger partial charge in [-0.25, -0.2) is 4.79 Å². The minimum absolute atomic E-state index is 0.312. The predicted octanol–water partition coefficient (Wildman–Crippen LogP) is 2.76. The lowest BCUT2D eigenvalue weighted by molar-refractivity contribution is -0.132. The van der Waals surface area contributed by atoms with Crippen molar-refractivity contribution >= 4 is 29.0 Å². The van der Waals surface area contributed by atoms with Gasteiger partial charge in [-0.3, -0.25) is 4.79 Å². The lowest BCUT2D eigenvalue weighted by Crippen LogP contribution is -2.04.